The first-order valence-electron chi connectivity index (χ1n) is 14.5. The van der Waals surface area contributed by atoms with Gasteiger partial charge in [0.05, 0.1) is 12.2 Å². The van der Waals surface area contributed by atoms with Gasteiger partial charge in [0.1, 0.15) is 5.82 Å². The number of hydrogen-bond donors (Lipinski definition) is 3. The van der Waals surface area contributed by atoms with E-state index in [0.717, 1.165) is 0 Å². The number of epoxide rings is 1. The van der Waals surface area contributed by atoms with Crippen LogP contribution in [0.4, 0.5) is 10.1 Å². The third-order valence-electron chi connectivity index (χ3n) is 9.07. The van der Waals surface area contributed by atoms with Gasteiger partial charge in [-0.05, 0) is 42.2 Å². The third-order valence-corrected chi connectivity index (χ3v) is 9.07. The van der Waals surface area contributed by atoms with Crippen LogP contribution < -0.4 is 40.0 Å². The van der Waals surface area contributed by atoms with Crippen LogP contribution in [-0.2, 0) is 30.4 Å². The largest absolute Gasteiger partial charge is 1.00 e. The number of hydrogen-bond acceptors (Lipinski definition) is 8. The number of fused-ring (bicyclic) bond motifs is 3. The maximum atomic E-state index is 14.6. The number of anilines is 1. The molecule has 3 fully saturated rings. The van der Waals surface area contributed by atoms with Crippen molar-refractivity contribution in [2.24, 2.45) is 5.92 Å². The molecule has 5 unspecified atom stereocenters. The van der Waals surface area contributed by atoms with E-state index in [1.54, 1.807) is 79.4 Å². The molecule has 3 heterocycles. The van der Waals surface area contributed by atoms with E-state index in [1.165, 1.54) is 12.1 Å². The van der Waals surface area contributed by atoms with Crippen molar-refractivity contribution < 1.29 is 68.3 Å². The molecule has 3 saturated heterocycles. The molecule has 3 N–H and O–H groups in total. The fourth-order valence-electron chi connectivity index (χ4n) is 7.32. The minimum Gasteiger partial charge on any atom is -0.550 e. The molecule has 9 nitrogen and oxygen atoms in total. The Kier molecular flexibility index (Phi) is 8.87. The van der Waals surface area contributed by atoms with E-state index in [0.29, 0.717) is 23.2 Å². The number of halogens is 1. The number of carbonyl (C=O) groups excluding carboxylic acids is 2. The number of rotatable bonds is 9. The van der Waals surface area contributed by atoms with Crippen LogP contribution in [-0.4, -0.2) is 57.1 Å². The van der Waals surface area contributed by atoms with E-state index >= 15 is 0 Å². The van der Waals surface area contributed by atoms with Crippen LogP contribution in [0.1, 0.15) is 44.2 Å². The van der Waals surface area contributed by atoms with E-state index in [4.69, 9.17) is 9.47 Å². The molecular weight excluding hydrogens is 578 g/mol. The molecule has 0 bridgehead atoms. The van der Waals surface area contributed by atoms with Crippen LogP contribution in [0.15, 0.2) is 84.9 Å². The predicted molar refractivity (Wildman–Crippen MR) is 151 cm³/mol. The first kappa shape index (κ1) is 32.7. The molecule has 44 heavy (non-hydrogen) atoms. The van der Waals surface area contributed by atoms with E-state index in [2.05, 4.69) is 5.32 Å². The van der Waals surface area contributed by atoms with Crippen molar-refractivity contribution in [2.45, 2.75) is 68.0 Å². The number of nitrogens with one attached hydrogen (secondary N) is 1. The van der Waals surface area contributed by atoms with Crippen molar-refractivity contribution in [3.05, 3.63) is 102 Å². The second-order valence-electron chi connectivity index (χ2n) is 11.8. The summed E-state index contributed by atoms with van der Waals surface area (Å²) in [6, 6.07) is 23.5. The van der Waals surface area contributed by atoms with Gasteiger partial charge in [-0.25, -0.2) is 9.29 Å². The van der Waals surface area contributed by atoms with Crippen LogP contribution in [0.5, 0.6) is 0 Å². The summed E-state index contributed by atoms with van der Waals surface area (Å²) in [5, 5.41) is 37.6. The Morgan fingerprint density at radius 1 is 1.02 bits per heavy atom. The van der Waals surface area contributed by atoms with E-state index in [9.17, 15) is 29.3 Å². The van der Waals surface area contributed by atoms with Gasteiger partial charge < -0.3 is 34.9 Å². The number of benzene rings is 3. The Morgan fingerprint density at radius 3 is 2.23 bits per heavy atom. The van der Waals surface area contributed by atoms with Gasteiger partial charge in [0, 0.05) is 36.6 Å². The number of nitrogens with zero attached hydrogens (tertiary/aromatic N) is 1. The smallest absolute Gasteiger partial charge is 0.550 e. The summed E-state index contributed by atoms with van der Waals surface area (Å²) in [5.41, 5.74) is -5.63. The average molecular weight is 613 g/mol. The number of aliphatic hydroxyl groups is 2. The zero-order valence-corrected chi connectivity index (χ0v) is 26.9. The summed E-state index contributed by atoms with van der Waals surface area (Å²) in [7, 11) is 0. The fourth-order valence-corrected chi connectivity index (χ4v) is 7.32. The molecule has 0 spiro atoms. The first-order chi connectivity index (χ1) is 20.5. The van der Waals surface area contributed by atoms with Gasteiger partial charge in [-0.1, -0.05) is 74.5 Å². The molecule has 11 heteroatoms. The van der Waals surface area contributed by atoms with Gasteiger partial charge in [-0.2, -0.15) is 0 Å². The summed E-state index contributed by atoms with van der Waals surface area (Å²) >= 11 is 0. The average Bonchev–Trinajstić information content (AvgIpc) is 3.67. The molecule has 226 valence electrons. The van der Waals surface area contributed by atoms with Gasteiger partial charge in [0.15, 0.2) is 17.1 Å². The monoisotopic (exact) mass is 612 g/mol. The Balaban J connectivity index is 0.00000384. The summed E-state index contributed by atoms with van der Waals surface area (Å²) in [5.74, 6) is -3.02. The van der Waals surface area contributed by atoms with Gasteiger partial charge in [-0.15, -0.1) is 0 Å². The maximum absolute atomic E-state index is 14.6. The molecule has 0 radical (unpaired) electrons. The van der Waals surface area contributed by atoms with Crippen molar-refractivity contribution >= 4 is 17.6 Å². The number of carboxylic acid groups (broad SMARTS) is 1. The molecule has 6 atom stereocenters. The zero-order valence-electron chi connectivity index (χ0n) is 24.9. The maximum Gasteiger partial charge on any atom is 1.00 e. The van der Waals surface area contributed by atoms with E-state index < -0.39 is 64.9 Å². The Bertz CT molecular complexity index is 1510. The van der Waals surface area contributed by atoms with Crippen molar-refractivity contribution in [2.75, 3.05) is 11.9 Å². The van der Waals surface area contributed by atoms with Crippen LogP contribution in [0, 0.1) is 11.7 Å². The van der Waals surface area contributed by atoms with Crippen molar-refractivity contribution in [1.82, 2.24) is 4.90 Å². The minimum absolute atomic E-state index is 0. The van der Waals surface area contributed by atoms with Gasteiger partial charge in [0.25, 0.3) is 5.91 Å². The third kappa shape index (κ3) is 4.58. The van der Waals surface area contributed by atoms with Crippen LogP contribution >= 0.6 is 0 Å². The molecule has 3 aromatic rings. The van der Waals surface area contributed by atoms with Crippen molar-refractivity contribution in [1.29, 1.82) is 0 Å². The fraction of sp³-hybridized carbons (Fsp3) is 0.394. The predicted octanol–water partition coefficient (Wildman–Crippen LogP) is -0.374. The standard InChI is InChI=1S/C33H35FN2O7.Na/c1-21(2)32(41)31(29(40)35-25-11-7-4-8-12-25)30(43-31,22-9-5-3-6-10-22)33(23-13-15-24(34)16-14-23)36(32)18-17-27(42-33)19-26(37)20-28(38)39;/h3-16,21,26-27,37,41H,17-20H2,1-2H3,(H,35,40)(H,38,39);/q;+1/p-1/t26-,27?,30?,31?,32?,33?;/m1./s1. The number of aliphatic hydroxyl groups excluding tert-OH is 1. The zero-order chi connectivity index (χ0) is 30.6. The number of carboxylic acids is 1. The molecule has 3 aromatic carbocycles. The second-order valence-corrected chi connectivity index (χ2v) is 11.8. The summed E-state index contributed by atoms with van der Waals surface area (Å²) in [6.45, 7) is 3.80. The quantitative estimate of drug-likeness (QED) is 0.220. The molecular formula is C33H34FN2NaO7. The number of morpholine rings is 1. The second kappa shape index (κ2) is 11.9. The number of para-hydroxylation sites is 1. The Morgan fingerprint density at radius 2 is 1.64 bits per heavy atom. The van der Waals surface area contributed by atoms with Crippen LogP contribution in [0.3, 0.4) is 0 Å². The SMILES string of the molecule is CC(C)C1(O)N2CCC(C[C@@H](O)CC(=O)[O-])OC2(c2ccc(F)cc2)C2(c3ccccc3)OC12C(=O)Nc1ccccc1.[Na+]. The van der Waals surface area contributed by atoms with E-state index in [1.807, 2.05) is 12.1 Å². The first-order valence-corrected chi connectivity index (χ1v) is 14.5. The number of ether oxygens (including phenoxy) is 2. The normalized spacial score (nSPS) is 31.4. The molecule has 0 saturated carbocycles. The van der Waals surface area contributed by atoms with Gasteiger partial charge >= 0.3 is 29.6 Å². The summed E-state index contributed by atoms with van der Waals surface area (Å²) in [4.78, 5) is 27.5. The summed E-state index contributed by atoms with van der Waals surface area (Å²) < 4.78 is 28.0. The molecule has 6 rings (SSSR count). The topological polar surface area (TPSA) is 135 Å². The Labute approximate surface area is 277 Å². The van der Waals surface area contributed by atoms with Gasteiger partial charge in [-0.3, -0.25) is 4.79 Å². The number of carbonyl (C=O) groups is 2. The molecule has 0 aromatic heterocycles. The van der Waals surface area contributed by atoms with Gasteiger partial charge in [0.2, 0.25) is 5.60 Å². The number of amides is 1. The van der Waals surface area contributed by atoms with E-state index in [-0.39, 0.29) is 42.5 Å². The number of aliphatic carboxylic acids is 1. The minimum atomic E-state index is -1.93. The molecule has 0 aliphatic carbocycles. The Hall–Kier alpha value is -2.67. The summed E-state index contributed by atoms with van der Waals surface area (Å²) in [6.07, 6.45) is -2.27. The molecule has 1 amide bonds. The molecule has 3 aliphatic rings. The van der Waals surface area contributed by atoms with Crippen LogP contribution in [0.25, 0.3) is 0 Å². The van der Waals surface area contributed by atoms with Crippen molar-refractivity contribution in [3.63, 3.8) is 0 Å². The van der Waals surface area contributed by atoms with Crippen molar-refractivity contribution in [3.8, 4) is 0 Å². The molecule has 3 aliphatic heterocycles. The van der Waals surface area contributed by atoms with Crippen LogP contribution in [0.2, 0.25) is 0 Å².